The molecule has 90 valence electrons. The zero-order valence-electron chi connectivity index (χ0n) is 9.96. The smallest absolute Gasteiger partial charge is 0.126 e. The molecule has 0 spiro atoms. The van der Waals surface area contributed by atoms with E-state index >= 15 is 0 Å². The number of rotatable bonds is 6. The van der Waals surface area contributed by atoms with Crippen LogP contribution in [0.2, 0.25) is 0 Å². The van der Waals surface area contributed by atoms with Gasteiger partial charge in [-0.25, -0.2) is 4.39 Å². The molecule has 0 aromatic heterocycles. The molecule has 0 aliphatic rings. The van der Waals surface area contributed by atoms with Crippen molar-refractivity contribution in [3.05, 3.63) is 35.1 Å². The lowest BCUT2D eigenvalue weighted by molar-refractivity contribution is 0.160. The Kier molecular flexibility index (Phi) is 5.43. The summed E-state index contributed by atoms with van der Waals surface area (Å²) in [5.74, 6) is -0.173. The van der Waals surface area contributed by atoms with Gasteiger partial charge in [-0.15, -0.1) is 0 Å². The average molecular weight is 225 g/mol. The molecule has 1 aromatic rings. The van der Waals surface area contributed by atoms with E-state index < -0.39 is 0 Å². The van der Waals surface area contributed by atoms with Crippen molar-refractivity contribution in [3.8, 4) is 0 Å². The Morgan fingerprint density at radius 1 is 1.44 bits per heavy atom. The quantitative estimate of drug-likeness (QED) is 0.779. The fraction of sp³-hybridized carbons (Fsp3) is 0.538. The van der Waals surface area contributed by atoms with Crippen LogP contribution in [-0.4, -0.2) is 17.8 Å². The number of nitrogens with one attached hydrogen (secondary N) is 1. The molecule has 2 N–H and O–H groups in total. The van der Waals surface area contributed by atoms with Crippen molar-refractivity contribution in [3.63, 3.8) is 0 Å². The first kappa shape index (κ1) is 13.1. The molecular weight excluding hydrogens is 205 g/mol. The molecule has 0 saturated carbocycles. The fourth-order valence-corrected chi connectivity index (χ4v) is 1.56. The molecule has 0 radical (unpaired) electrons. The van der Waals surface area contributed by atoms with Crippen LogP contribution in [0.1, 0.15) is 30.9 Å². The van der Waals surface area contributed by atoms with Crippen molar-refractivity contribution < 1.29 is 9.50 Å². The standard InChI is InChI=1S/C13H20FNO/c1-3-4-12(16)9-15-8-11-6-5-10(2)13(14)7-11/h5-7,12,15-16H,3-4,8-9H2,1-2H3. The largest absolute Gasteiger partial charge is 0.392 e. The summed E-state index contributed by atoms with van der Waals surface area (Å²) in [6.07, 6.45) is 1.47. The topological polar surface area (TPSA) is 32.3 Å². The van der Waals surface area contributed by atoms with Crippen LogP contribution in [0.4, 0.5) is 4.39 Å². The van der Waals surface area contributed by atoms with E-state index in [1.807, 2.05) is 13.0 Å². The van der Waals surface area contributed by atoms with Crippen molar-refractivity contribution >= 4 is 0 Å². The number of halogens is 1. The monoisotopic (exact) mass is 225 g/mol. The molecule has 0 bridgehead atoms. The summed E-state index contributed by atoms with van der Waals surface area (Å²) in [6, 6.07) is 5.21. The maximum absolute atomic E-state index is 13.2. The van der Waals surface area contributed by atoms with Gasteiger partial charge in [-0.3, -0.25) is 0 Å². The summed E-state index contributed by atoms with van der Waals surface area (Å²) < 4.78 is 13.2. The van der Waals surface area contributed by atoms with Gasteiger partial charge < -0.3 is 10.4 Å². The lowest BCUT2D eigenvalue weighted by Gasteiger charge is -2.10. The van der Waals surface area contributed by atoms with Gasteiger partial charge in [0.2, 0.25) is 0 Å². The van der Waals surface area contributed by atoms with Crippen molar-refractivity contribution in [2.75, 3.05) is 6.54 Å². The van der Waals surface area contributed by atoms with Crippen LogP contribution in [0.3, 0.4) is 0 Å². The van der Waals surface area contributed by atoms with Crippen LogP contribution in [0.25, 0.3) is 0 Å². The van der Waals surface area contributed by atoms with Crippen molar-refractivity contribution in [2.24, 2.45) is 0 Å². The lowest BCUT2D eigenvalue weighted by atomic mass is 10.1. The lowest BCUT2D eigenvalue weighted by Crippen LogP contribution is -2.26. The third-order valence-electron chi connectivity index (χ3n) is 2.57. The predicted octanol–water partition coefficient (Wildman–Crippen LogP) is 2.38. The minimum atomic E-state index is -0.305. The van der Waals surface area contributed by atoms with Gasteiger partial charge in [0.1, 0.15) is 5.82 Å². The molecule has 2 nitrogen and oxygen atoms in total. The number of hydrogen-bond acceptors (Lipinski definition) is 2. The van der Waals surface area contributed by atoms with E-state index in [2.05, 4.69) is 5.32 Å². The molecule has 0 saturated heterocycles. The van der Waals surface area contributed by atoms with Crippen molar-refractivity contribution in [1.29, 1.82) is 0 Å². The summed E-state index contributed by atoms with van der Waals surface area (Å²) >= 11 is 0. The SMILES string of the molecule is CCCC(O)CNCc1ccc(C)c(F)c1. The number of hydrogen-bond donors (Lipinski definition) is 2. The Morgan fingerprint density at radius 2 is 2.19 bits per heavy atom. The predicted molar refractivity (Wildman–Crippen MR) is 63.8 cm³/mol. The zero-order valence-corrected chi connectivity index (χ0v) is 9.96. The van der Waals surface area contributed by atoms with E-state index in [1.165, 1.54) is 6.07 Å². The molecule has 1 aromatic carbocycles. The molecule has 0 heterocycles. The van der Waals surface area contributed by atoms with Gasteiger partial charge in [-0.1, -0.05) is 25.5 Å². The molecule has 0 aliphatic heterocycles. The van der Waals surface area contributed by atoms with Crippen LogP contribution in [-0.2, 0) is 6.54 Å². The number of aliphatic hydroxyl groups excluding tert-OH is 1. The first-order valence-corrected chi connectivity index (χ1v) is 5.77. The van der Waals surface area contributed by atoms with E-state index in [0.717, 1.165) is 18.4 Å². The molecule has 1 rings (SSSR count). The summed E-state index contributed by atoms with van der Waals surface area (Å²) in [4.78, 5) is 0. The highest BCUT2D eigenvalue weighted by atomic mass is 19.1. The van der Waals surface area contributed by atoms with Crippen molar-refractivity contribution in [2.45, 2.75) is 39.3 Å². The Morgan fingerprint density at radius 3 is 2.81 bits per heavy atom. The maximum Gasteiger partial charge on any atom is 0.126 e. The first-order valence-electron chi connectivity index (χ1n) is 5.77. The van der Waals surface area contributed by atoms with E-state index in [-0.39, 0.29) is 11.9 Å². The molecule has 1 unspecified atom stereocenters. The minimum Gasteiger partial charge on any atom is -0.392 e. The Bertz CT molecular complexity index is 328. The third-order valence-corrected chi connectivity index (χ3v) is 2.57. The molecule has 0 aliphatic carbocycles. The number of aryl methyl sites for hydroxylation is 1. The van der Waals surface area contributed by atoms with E-state index in [9.17, 15) is 9.50 Å². The molecule has 0 fully saturated rings. The maximum atomic E-state index is 13.2. The van der Waals surface area contributed by atoms with Crippen LogP contribution in [0.15, 0.2) is 18.2 Å². The van der Waals surface area contributed by atoms with Gasteiger partial charge in [0.25, 0.3) is 0 Å². The molecule has 1 atom stereocenters. The molecule has 16 heavy (non-hydrogen) atoms. The van der Waals surface area contributed by atoms with Gasteiger partial charge in [0.15, 0.2) is 0 Å². The molecular formula is C13H20FNO. The summed E-state index contributed by atoms with van der Waals surface area (Å²) in [7, 11) is 0. The highest BCUT2D eigenvalue weighted by molar-refractivity contribution is 5.23. The zero-order chi connectivity index (χ0) is 12.0. The van der Waals surface area contributed by atoms with Crippen LogP contribution >= 0.6 is 0 Å². The fourth-order valence-electron chi connectivity index (χ4n) is 1.56. The first-order chi connectivity index (χ1) is 7.63. The van der Waals surface area contributed by atoms with E-state index in [4.69, 9.17) is 0 Å². The van der Waals surface area contributed by atoms with Gasteiger partial charge in [0, 0.05) is 13.1 Å². The van der Waals surface area contributed by atoms with Gasteiger partial charge in [0.05, 0.1) is 6.10 Å². The van der Waals surface area contributed by atoms with Crippen LogP contribution < -0.4 is 5.32 Å². The normalized spacial score (nSPS) is 12.8. The van der Waals surface area contributed by atoms with Gasteiger partial charge in [-0.05, 0) is 30.5 Å². The second kappa shape index (κ2) is 6.61. The number of benzene rings is 1. The average Bonchev–Trinajstić information content (AvgIpc) is 2.24. The Labute approximate surface area is 96.5 Å². The summed E-state index contributed by atoms with van der Waals surface area (Å²) in [5, 5.41) is 12.6. The second-order valence-corrected chi connectivity index (χ2v) is 4.16. The van der Waals surface area contributed by atoms with Crippen molar-refractivity contribution in [1.82, 2.24) is 5.32 Å². The number of aliphatic hydroxyl groups is 1. The second-order valence-electron chi connectivity index (χ2n) is 4.16. The molecule has 3 heteroatoms. The Balaban J connectivity index is 2.34. The van der Waals surface area contributed by atoms with Gasteiger partial charge >= 0.3 is 0 Å². The van der Waals surface area contributed by atoms with Crippen LogP contribution in [0, 0.1) is 12.7 Å². The minimum absolute atomic E-state index is 0.173. The highest BCUT2D eigenvalue weighted by Gasteiger charge is 2.03. The third kappa shape index (κ3) is 4.29. The Hall–Kier alpha value is -0.930. The van der Waals surface area contributed by atoms with E-state index in [1.54, 1.807) is 13.0 Å². The van der Waals surface area contributed by atoms with Gasteiger partial charge in [-0.2, -0.15) is 0 Å². The summed E-state index contributed by atoms with van der Waals surface area (Å²) in [5.41, 5.74) is 1.57. The highest BCUT2D eigenvalue weighted by Crippen LogP contribution is 2.08. The molecule has 0 amide bonds. The van der Waals surface area contributed by atoms with Crippen LogP contribution in [0.5, 0.6) is 0 Å². The summed E-state index contributed by atoms with van der Waals surface area (Å²) in [6.45, 7) is 4.94. The van der Waals surface area contributed by atoms with E-state index in [0.29, 0.717) is 18.7 Å².